The van der Waals surface area contributed by atoms with Gasteiger partial charge in [0.2, 0.25) is 0 Å². The molecule has 0 aliphatic carbocycles. The zero-order valence-corrected chi connectivity index (χ0v) is 6.72. The summed E-state index contributed by atoms with van der Waals surface area (Å²) in [5, 5.41) is 8.52. The van der Waals surface area contributed by atoms with E-state index in [0.717, 1.165) is 0 Å². The van der Waals surface area contributed by atoms with Crippen molar-refractivity contribution >= 4 is 5.78 Å². The van der Waals surface area contributed by atoms with E-state index < -0.39 is 11.5 Å². The smallest absolute Gasteiger partial charge is 0.157 e. The van der Waals surface area contributed by atoms with Gasteiger partial charge in [-0.25, -0.2) is 0 Å². The maximum absolute atomic E-state index is 11.1. The molecule has 0 bridgehead atoms. The van der Waals surface area contributed by atoms with Crippen LogP contribution in [0.15, 0.2) is 0 Å². The molecule has 0 amide bonds. The first-order valence-corrected chi connectivity index (χ1v) is 3.30. The summed E-state index contributed by atoms with van der Waals surface area (Å²) in [6.07, 6.45) is 0. The predicted molar refractivity (Wildman–Crippen MR) is 39.5 cm³/mol. The molecule has 0 aromatic rings. The van der Waals surface area contributed by atoms with Crippen molar-refractivity contribution in [3.05, 3.63) is 0 Å². The lowest BCUT2D eigenvalue weighted by molar-refractivity contribution is -0.128. The lowest BCUT2D eigenvalue weighted by Crippen LogP contribution is -2.41. The quantitative estimate of drug-likeness (QED) is 0.571. The number of aliphatic hydroxyl groups excluding tert-OH is 1. The minimum absolute atomic E-state index is 0.102. The number of carbonyl (C=O) groups is 1. The standard InChI is InChI=1S/C7H15NO2/c1-7(2,3)6(10)5(8)4-9/h5,9H,4,8H2,1-3H3/t5-/m1/s1. The Hall–Kier alpha value is -0.410. The molecule has 3 nitrogen and oxygen atoms in total. The minimum Gasteiger partial charge on any atom is -0.394 e. The van der Waals surface area contributed by atoms with Gasteiger partial charge in [0, 0.05) is 5.41 Å². The third-order valence-electron chi connectivity index (χ3n) is 1.27. The van der Waals surface area contributed by atoms with E-state index in [1.54, 1.807) is 20.8 Å². The lowest BCUT2D eigenvalue weighted by atomic mass is 9.87. The van der Waals surface area contributed by atoms with Crippen molar-refractivity contribution in [2.75, 3.05) is 6.61 Å². The van der Waals surface area contributed by atoms with Crippen LogP contribution in [0, 0.1) is 5.41 Å². The van der Waals surface area contributed by atoms with Gasteiger partial charge < -0.3 is 10.8 Å². The van der Waals surface area contributed by atoms with Crippen molar-refractivity contribution in [3.63, 3.8) is 0 Å². The van der Waals surface area contributed by atoms with E-state index in [-0.39, 0.29) is 12.4 Å². The van der Waals surface area contributed by atoms with Gasteiger partial charge in [-0.2, -0.15) is 0 Å². The van der Waals surface area contributed by atoms with Gasteiger partial charge in [0.25, 0.3) is 0 Å². The van der Waals surface area contributed by atoms with E-state index in [1.165, 1.54) is 0 Å². The number of nitrogens with two attached hydrogens (primary N) is 1. The Morgan fingerprint density at radius 3 is 2.10 bits per heavy atom. The van der Waals surface area contributed by atoms with Gasteiger partial charge in [-0.05, 0) is 0 Å². The largest absolute Gasteiger partial charge is 0.394 e. The molecular formula is C7H15NO2. The fourth-order valence-electron chi connectivity index (χ4n) is 0.639. The number of hydrogen-bond acceptors (Lipinski definition) is 3. The molecular weight excluding hydrogens is 130 g/mol. The van der Waals surface area contributed by atoms with Crippen molar-refractivity contribution in [2.45, 2.75) is 26.8 Å². The van der Waals surface area contributed by atoms with Crippen molar-refractivity contribution in [1.29, 1.82) is 0 Å². The van der Waals surface area contributed by atoms with Crippen molar-refractivity contribution in [3.8, 4) is 0 Å². The van der Waals surface area contributed by atoms with Crippen LogP contribution in [-0.4, -0.2) is 23.5 Å². The van der Waals surface area contributed by atoms with E-state index in [0.29, 0.717) is 0 Å². The summed E-state index contributed by atoms with van der Waals surface area (Å²) in [4.78, 5) is 11.1. The van der Waals surface area contributed by atoms with Crippen LogP contribution in [0.25, 0.3) is 0 Å². The van der Waals surface area contributed by atoms with Gasteiger partial charge in [-0.3, -0.25) is 4.79 Å². The number of Topliss-reactive ketones (excluding diaryl/α,β-unsaturated/α-hetero) is 1. The normalized spacial score (nSPS) is 14.9. The van der Waals surface area contributed by atoms with E-state index in [4.69, 9.17) is 10.8 Å². The van der Waals surface area contributed by atoms with Crippen LogP contribution in [0.2, 0.25) is 0 Å². The maximum Gasteiger partial charge on any atom is 0.157 e. The monoisotopic (exact) mass is 145 g/mol. The maximum atomic E-state index is 11.1. The Labute approximate surface area is 61.2 Å². The molecule has 0 aromatic heterocycles. The van der Waals surface area contributed by atoms with Gasteiger partial charge in [0.15, 0.2) is 5.78 Å². The molecule has 0 unspecified atom stereocenters. The Bertz CT molecular complexity index is 126. The van der Waals surface area contributed by atoms with Crippen LogP contribution in [0.1, 0.15) is 20.8 Å². The summed E-state index contributed by atoms with van der Waals surface area (Å²) in [6.45, 7) is 5.08. The number of hydrogen-bond donors (Lipinski definition) is 2. The molecule has 0 saturated carbocycles. The second-order valence-corrected chi connectivity index (χ2v) is 3.40. The molecule has 1 atom stereocenters. The molecule has 3 heteroatoms. The Kier molecular flexibility index (Phi) is 2.99. The molecule has 0 radical (unpaired) electrons. The van der Waals surface area contributed by atoms with Crippen molar-refractivity contribution in [2.24, 2.45) is 11.1 Å². The Balaban J connectivity index is 4.09. The van der Waals surface area contributed by atoms with E-state index in [1.807, 2.05) is 0 Å². The molecule has 0 saturated heterocycles. The third-order valence-corrected chi connectivity index (χ3v) is 1.27. The first-order chi connectivity index (χ1) is 4.39. The zero-order valence-electron chi connectivity index (χ0n) is 6.72. The van der Waals surface area contributed by atoms with Crippen LogP contribution in [0.4, 0.5) is 0 Å². The molecule has 0 fully saturated rings. The summed E-state index contributed by atoms with van der Waals surface area (Å²) in [7, 11) is 0. The zero-order chi connectivity index (χ0) is 8.36. The van der Waals surface area contributed by atoms with Crippen LogP contribution in [0.3, 0.4) is 0 Å². The highest BCUT2D eigenvalue weighted by Crippen LogP contribution is 2.15. The summed E-state index contributed by atoms with van der Waals surface area (Å²) in [6, 6.07) is -0.722. The molecule has 60 valence electrons. The minimum atomic E-state index is -0.722. The third kappa shape index (κ3) is 2.45. The molecule has 0 aliphatic heterocycles. The molecule has 0 aromatic carbocycles. The lowest BCUT2D eigenvalue weighted by Gasteiger charge is -2.19. The van der Waals surface area contributed by atoms with Gasteiger partial charge >= 0.3 is 0 Å². The van der Waals surface area contributed by atoms with Gasteiger partial charge in [-0.1, -0.05) is 20.8 Å². The second kappa shape index (κ2) is 3.12. The average molecular weight is 145 g/mol. The summed E-state index contributed by atoms with van der Waals surface area (Å²) < 4.78 is 0. The number of rotatable bonds is 2. The fraction of sp³-hybridized carbons (Fsp3) is 0.857. The fourth-order valence-corrected chi connectivity index (χ4v) is 0.639. The van der Waals surface area contributed by atoms with Gasteiger partial charge in [0.05, 0.1) is 12.6 Å². The van der Waals surface area contributed by atoms with Crippen LogP contribution in [-0.2, 0) is 4.79 Å². The summed E-state index contributed by atoms with van der Waals surface area (Å²) >= 11 is 0. The number of aliphatic hydroxyl groups is 1. The van der Waals surface area contributed by atoms with Crippen LogP contribution in [0.5, 0.6) is 0 Å². The van der Waals surface area contributed by atoms with Crippen molar-refractivity contribution < 1.29 is 9.90 Å². The molecule has 0 aliphatic rings. The highest BCUT2D eigenvalue weighted by Gasteiger charge is 2.26. The summed E-state index contributed by atoms with van der Waals surface area (Å²) in [5.74, 6) is -0.102. The predicted octanol–water partition coefficient (Wildman–Crippen LogP) is -0.0788. The second-order valence-electron chi connectivity index (χ2n) is 3.40. The van der Waals surface area contributed by atoms with Crippen LogP contribution >= 0.6 is 0 Å². The topological polar surface area (TPSA) is 63.3 Å². The highest BCUT2D eigenvalue weighted by atomic mass is 16.3. The first kappa shape index (κ1) is 9.59. The first-order valence-electron chi connectivity index (χ1n) is 3.30. The van der Waals surface area contributed by atoms with E-state index >= 15 is 0 Å². The molecule has 0 spiro atoms. The SMILES string of the molecule is CC(C)(C)C(=O)[C@H](N)CO. The van der Waals surface area contributed by atoms with E-state index in [2.05, 4.69) is 0 Å². The summed E-state index contributed by atoms with van der Waals surface area (Å²) in [5.41, 5.74) is 4.86. The van der Waals surface area contributed by atoms with Crippen molar-refractivity contribution in [1.82, 2.24) is 0 Å². The molecule has 10 heavy (non-hydrogen) atoms. The van der Waals surface area contributed by atoms with E-state index in [9.17, 15) is 4.79 Å². The molecule has 3 N–H and O–H groups in total. The number of carbonyl (C=O) groups excluding carboxylic acids is 1. The van der Waals surface area contributed by atoms with Gasteiger partial charge in [0.1, 0.15) is 0 Å². The average Bonchev–Trinajstić information content (AvgIpc) is 1.83. The molecule has 0 rings (SSSR count). The van der Waals surface area contributed by atoms with Crippen LogP contribution < -0.4 is 5.73 Å². The molecule has 0 heterocycles. The number of ketones is 1. The van der Waals surface area contributed by atoms with Gasteiger partial charge in [-0.15, -0.1) is 0 Å². The highest BCUT2D eigenvalue weighted by molar-refractivity contribution is 5.88. The Morgan fingerprint density at radius 1 is 1.60 bits per heavy atom. The Morgan fingerprint density at radius 2 is 2.00 bits per heavy atom.